The van der Waals surface area contributed by atoms with Crippen molar-refractivity contribution in [3.8, 4) is 0 Å². The number of benzene rings is 2. The van der Waals surface area contributed by atoms with Gasteiger partial charge in [-0.1, -0.05) is 35.9 Å². The molecule has 29 heavy (non-hydrogen) atoms. The quantitative estimate of drug-likeness (QED) is 0.711. The molecule has 0 spiro atoms. The Kier molecular flexibility index (Phi) is 7.57. The first-order valence-electron chi connectivity index (χ1n) is 9.34. The van der Waals surface area contributed by atoms with Crippen molar-refractivity contribution in [2.24, 2.45) is 0 Å². The second-order valence-corrected chi connectivity index (χ2v) is 7.39. The van der Waals surface area contributed by atoms with Gasteiger partial charge in [-0.05, 0) is 48.5 Å². The number of aryl methyl sites for hydroxylation is 1. The van der Waals surface area contributed by atoms with E-state index in [2.05, 4.69) is 10.6 Å². The molecule has 1 saturated heterocycles. The molecule has 6 nitrogen and oxygen atoms in total. The molecule has 1 aliphatic heterocycles. The fourth-order valence-electron chi connectivity index (χ4n) is 2.98. The molecule has 0 atom stereocenters. The van der Waals surface area contributed by atoms with Crippen LogP contribution in [0, 0.1) is 0 Å². The average molecular weight is 432 g/mol. The first-order chi connectivity index (χ1) is 14.0. The van der Waals surface area contributed by atoms with Gasteiger partial charge < -0.3 is 20.3 Å². The van der Waals surface area contributed by atoms with Crippen molar-refractivity contribution in [2.75, 3.05) is 31.6 Å². The van der Waals surface area contributed by atoms with E-state index in [9.17, 15) is 9.59 Å². The van der Waals surface area contributed by atoms with E-state index in [-0.39, 0.29) is 23.3 Å². The lowest BCUT2D eigenvalue weighted by atomic mass is 10.1. The van der Waals surface area contributed by atoms with E-state index >= 15 is 0 Å². The van der Waals surface area contributed by atoms with Crippen molar-refractivity contribution in [3.05, 3.63) is 64.7 Å². The Balaban J connectivity index is 1.51. The van der Waals surface area contributed by atoms with E-state index in [0.717, 1.165) is 5.56 Å². The summed E-state index contributed by atoms with van der Waals surface area (Å²) in [7, 11) is 0. The topological polar surface area (TPSA) is 70.7 Å². The van der Waals surface area contributed by atoms with Gasteiger partial charge >= 0.3 is 0 Å². The number of hydrogen-bond donors (Lipinski definition) is 2. The maximum Gasteiger partial charge on any atom is 0.254 e. The number of hydrogen-bond acceptors (Lipinski definition) is 4. The highest BCUT2D eigenvalue weighted by Gasteiger charge is 2.18. The molecule has 1 aliphatic rings. The molecule has 1 fully saturated rings. The van der Waals surface area contributed by atoms with Crippen molar-refractivity contribution in [1.82, 2.24) is 10.2 Å². The van der Waals surface area contributed by atoms with E-state index in [1.54, 1.807) is 35.2 Å². The number of morpholine rings is 1. The molecule has 1 heterocycles. The van der Waals surface area contributed by atoms with Gasteiger partial charge in [0.2, 0.25) is 5.91 Å². The summed E-state index contributed by atoms with van der Waals surface area (Å²) < 4.78 is 5.28. The van der Waals surface area contributed by atoms with Crippen LogP contribution in [0.1, 0.15) is 22.3 Å². The van der Waals surface area contributed by atoms with Crippen LogP contribution in [-0.2, 0) is 16.0 Å². The number of rotatable bonds is 5. The van der Waals surface area contributed by atoms with E-state index in [1.807, 2.05) is 18.2 Å². The fraction of sp³-hybridized carbons (Fsp3) is 0.286. The smallest absolute Gasteiger partial charge is 0.254 e. The minimum absolute atomic E-state index is 0.0494. The number of nitrogens with zero attached hydrogens (tertiary/aromatic N) is 1. The highest BCUT2D eigenvalue weighted by Crippen LogP contribution is 2.17. The minimum atomic E-state index is -0.206. The third-order valence-electron chi connectivity index (χ3n) is 4.50. The Morgan fingerprint density at radius 3 is 2.62 bits per heavy atom. The lowest BCUT2D eigenvalue weighted by molar-refractivity contribution is -0.119. The molecular weight excluding hydrogens is 410 g/mol. The largest absolute Gasteiger partial charge is 0.378 e. The zero-order valence-corrected chi connectivity index (χ0v) is 17.4. The molecule has 2 aromatic carbocycles. The highest BCUT2D eigenvalue weighted by atomic mass is 35.5. The molecule has 2 N–H and O–H groups in total. The molecule has 3 rings (SSSR count). The Labute approximate surface area is 180 Å². The number of amides is 2. The van der Waals surface area contributed by atoms with Gasteiger partial charge in [-0.15, -0.1) is 0 Å². The van der Waals surface area contributed by atoms with E-state index in [0.29, 0.717) is 49.0 Å². The van der Waals surface area contributed by atoms with Gasteiger partial charge in [0.1, 0.15) is 0 Å². The van der Waals surface area contributed by atoms with Gasteiger partial charge in [0.05, 0.1) is 13.2 Å². The summed E-state index contributed by atoms with van der Waals surface area (Å²) in [5.41, 5.74) is 2.11. The predicted molar refractivity (Wildman–Crippen MR) is 117 cm³/mol. The second-order valence-electron chi connectivity index (χ2n) is 6.58. The highest BCUT2D eigenvalue weighted by molar-refractivity contribution is 7.80. The second kappa shape index (κ2) is 10.3. The van der Waals surface area contributed by atoms with Gasteiger partial charge in [-0.3, -0.25) is 9.59 Å². The van der Waals surface area contributed by atoms with Crippen LogP contribution in [0.3, 0.4) is 0 Å². The normalized spacial score (nSPS) is 13.6. The van der Waals surface area contributed by atoms with Crippen molar-refractivity contribution in [2.45, 2.75) is 12.8 Å². The van der Waals surface area contributed by atoms with Crippen LogP contribution in [0.25, 0.3) is 0 Å². The lowest BCUT2D eigenvalue weighted by Crippen LogP contribution is -2.40. The first kappa shape index (κ1) is 21.2. The molecule has 0 radical (unpaired) electrons. The lowest BCUT2D eigenvalue weighted by Gasteiger charge is -2.27. The summed E-state index contributed by atoms with van der Waals surface area (Å²) in [5, 5.41) is 6.44. The maximum absolute atomic E-state index is 12.6. The van der Waals surface area contributed by atoms with Crippen molar-refractivity contribution < 1.29 is 14.3 Å². The van der Waals surface area contributed by atoms with E-state index < -0.39 is 0 Å². The number of carbonyl (C=O) groups is 2. The van der Waals surface area contributed by atoms with E-state index in [4.69, 9.17) is 28.6 Å². The first-order valence-corrected chi connectivity index (χ1v) is 10.1. The number of carbonyl (C=O) groups excluding carboxylic acids is 2. The van der Waals surface area contributed by atoms with Gasteiger partial charge in [0.15, 0.2) is 5.11 Å². The molecule has 0 aliphatic carbocycles. The number of ether oxygens (including phenoxy) is 1. The Morgan fingerprint density at radius 1 is 1.10 bits per heavy atom. The summed E-state index contributed by atoms with van der Waals surface area (Å²) in [6.07, 6.45) is 0.790. The third-order valence-corrected chi connectivity index (χ3v) is 5.07. The maximum atomic E-state index is 12.6. The zero-order valence-electron chi connectivity index (χ0n) is 15.8. The summed E-state index contributed by atoms with van der Waals surface area (Å²) in [5.74, 6) is -0.255. The van der Waals surface area contributed by atoms with Crippen LogP contribution < -0.4 is 10.6 Å². The van der Waals surface area contributed by atoms with Crippen molar-refractivity contribution >= 4 is 46.4 Å². The number of halogens is 1. The van der Waals surface area contributed by atoms with Crippen LogP contribution in [0.4, 0.5) is 5.69 Å². The average Bonchev–Trinajstić information content (AvgIpc) is 2.73. The van der Waals surface area contributed by atoms with E-state index in [1.165, 1.54) is 0 Å². The van der Waals surface area contributed by atoms with Crippen LogP contribution in [-0.4, -0.2) is 48.1 Å². The molecule has 152 valence electrons. The number of nitrogens with one attached hydrogen (secondary N) is 2. The third kappa shape index (κ3) is 6.25. The molecule has 2 aromatic rings. The molecule has 0 aromatic heterocycles. The Hall–Kier alpha value is -2.48. The minimum Gasteiger partial charge on any atom is -0.378 e. The van der Waals surface area contributed by atoms with Crippen molar-refractivity contribution in [1.29, 1.82) is 0 Å². The number of anilines is 1. The van der Waals surface area contributed by atoms with Crippen molar-refractivity contribution in [3.63, 3.8) is 0 Å². The summed E-state index contributed by atoms with van der Waals surface area (Å²) in [6, 6.07) is 14.5. The number of thiocarbonyl (C=S) groups is 1. The monoisotopic (exact) mass is 431 g/mol. The van der Waals surface area contributed by atoms with Gasteiger partial charge in [-0.25, -0.2) is 0 Å². The summed E-state index contributed by atoms with van der Waals surface area (Å²) in [4.78, 5) is 26.5. The molecule has 8 heteroatoms. The Bertz CT molecular complexity index is 900. The standard InChI is InChI=1S/C21H22ClN3O3S/c22-18-7-2-1-4-15(18)8-9-19(26)24-21(29)23-17-6-3-5-16(14-17)20(27)25-10-12-28-13-11-25/h1-7,14H,8-13H2,(H2,23,24,26,29). The van der Waals surface area contributed by atoms with Crippen LogP contribution in [0.2, 0.25) is 5.02 Å². The van der Waals surface area contributed by atoms with Crippen LogP contribution in [0.5, 0.6) is 0 Å². The fourth-order valence-corrected chi connectivity index (χ4v) is 3.44. The molecule has 0 saturated carbocycles. The van der Waals surface area contributed by atoms with Gasteiger partial charge in [-0.2, -0.15) is 0 Å². The molecule has 0 unspecified atom stereocenters. The van der Waals surface area contributed by atoms with Gasteiger partial charge in [0, 0.05) is 35.8 Å². The zero-order chi connectivity index (χ0) is 20.6. The summed E-state index contributed by atoms with van der Waals surface area (Å²) in [6.45, 7) is 2.26. The molecular formula is C21H22ClN3O3S. The van der Waals surface area contributed by atoms with Crippen LogP contribution in [0.15, 0.2) is 48.5 Å². The molecule has 2 amide bonds. The predicted octanol–water partition coefficient (Wildman–Crippen LogP) is 3.26. The van der Waals surface area contributed by atoms with Gasteiger partial charge in [0.25, 0.3) is 5.91 Å². The van der Waals surface area contributed by atoms with Crippen LogP contribution >= 0.6 is 23.8 Å². The SMILES string of the molecule is O=C(CCc1ccccc1Cl)NC(=S)Nc1cccc(C(=O)N2CCOCC2)c1. The molecule has 0 bridgehead atoms. The Morgan fingerprint density at radius 2 is 1.86 bits per heavy atom. The summed E-state index contributed by atoms with van der Waals surface area (Å²) >= 11 is 11.3.